The van der Waals surface area contributed by atoms with Gasteiger partial charge in [0.15, 0.2) is 0 Å². The smallest absolute Gasteiger partial charge is 0.374 e. The van der Waals surface area contributed by atoms with Crippen LogP contribution in [0.25, 0.3) is 0 Å². The Morgan fingerprint density at radius 1 is 1.29 bits per heavy atom. The maximum Gasteiger partial charge on any atom is 0.374 e. The fraction of sp³-hybridized carbons (Fsp3) is 0.556. The number of carbonyl (C=O) groups excluding carboxylic acids is 2. The van der Waals surface area contributed by atoms with Gasteiger partial charge >= 0.3 is 5.97 Å². The van der Waals surface area contributed by atoms with Crippen LogP contribution in [0.15, 0.2) is 34.3 Å². The number of piperazine rings is 1. The number of esters is 1. The summed E-state index contributed by atoms with van der Waals surface area (Å²) < 4.78 is 42.1. The average molecular weight is 414 g/mol. The van der Waals surface area contributed by atoms with Gasteiger partial charge in [-0.3, -0.25) is 4.79 Å². The maximum absolute atomic E-state index is 12.7. The predicted molar refractivity (Wildman–Crippen MR) is 100 cm³/mol. The molecule has 1 fully saturated rings. The molecule has 156 valence electrons. The number of amides is 1. The van der Waals surface area contributed by atoms with E-state index in [1.807, 2.05) is 0 Å². The third kappa shape index (κ3) is 5.21. The van der Waals surface area contributed by atoms with Gasteiger partial charge in [0, 0.05) is 26.2 Å². The van der Waals surface area contributed by atoms with Crippen molar-refractivity contribution in [1.29, 1.82) is 0 Å². The van der Waals surface area contributed by atoms with Gasteiger partial charge in [-0.15, -0.1) is 6.58 Å². The van der Waals surface area contributed by atoms with Crippen molar-refractivity contribution in [2.45, 2.75) is 31.5 Å². The lowest BCUT2D eigenvalue weighted by molar-refractivity contribution is -0.143. The van der Waals surface area contributed by atoms with Crippen LogP contribution < -0.4 is 0 Å². The first-order chi connectivity index (χ1) is 13.3. The van der Waals surface area contributed by atoms with Gasteiger partial charge in [0.2, 0.25) is 10.9 Å². The molecule has 2 rings (SSSR count). The number of rotatable bonds is 9. The van der Waals surface area contributed by atoms with Gasteiger partial charge in [0.1, 0.15) is 6.10 Å². The molecule has 1 atom stereocenters. The van der Waals surface area contributed by atoms with Crippen molar-refractivity contribution in [2.75, 3.05) is 39.4 Å². The zero-order valence-corrected chi connectivity index (χ0v) is 16.9. The van der Waals surface area contributed by atoms with E-state index in [4.69, 9.17) is 13.9 Å². The van der Waals surface area contributed by atoms with E-state index >= 15 is 0 Å². The fourth-order valence-electron chi connectivity index (χ4n) is 2.70. The number of ether oxygens (including phenoxy) is 2. The summed E-state index contributed by atoms with van der Waals surface area (Å²) in [6.07, 6.45) is 1.77. The third-order valence-electron chi connectivity index (χ3n) is 4.24. The Morgan fingerprint density at radius 3 is 2.57 bits per heavy atom. The van der Waals surface area contributed by atoms with E-state index in [0.717, 1.165) is 0 Å². The molecule has 0 saturated carbocycles. The molecular weight excluding hydrogens is 388 g/mol. The zero-order chi connectivity index (χ0) is 20.7. The van der Waals surface area contributed by atoms with Crippen molar-refractivity contribution >= 4 is 21.9 Å². The topological polar surface area (TPSA) is 106 Å². The normalized spacial score (nSPS) is 16.6. The first-order valence-electron chi connectivity index (χ1n) is 9.09. The second-order valence-electron chi connectivity index (χ2n) is 6.16. The quantitative estimate of drug-likeness (QED) is 0.340. The van der Waals surface area contributed by atoms with Crippen LogP contribution in [-0.2, 0) is 24.3 Å². The number of carbonyl (C=O) groups is 2. The SMILES string of the molecule is C=CCCOC(C)C(=O)N1CCN(S(=O)(=O)c2ccc(C(=O)OCC)o2)CC1. The number of hydrogen-bond donors (Lipinski definition) is 0. The molecule has 9 nitrogen and oxygen atoms in total. The van der Waals surface area contributed by atoms with Crippen LogP contribution in [0.2, 0.25) is 0 Å². The summed E-state index contributed by atoms with van der Waals surface area (Å²) in [5.41, 5.74) is 0. The summed E-state index contributed by atoms with van der Waals surface area (Å²) in [7, 11) is -3.90. The van der Waals surface area contributed by atoms with E-state index < -0.39 is 22.1 Å². The lowest BCUT2D eigenvalue weighted by Gasteiger charge is -2.34. The average Bonchev–Trinajstić information content (AvgIpc) is 3.19. The molecule has 1 aliphatic heterocycles. The van der Waals surface area contributed by atoms with Crippen LogP contribution in [0.4, 0.5) is 0 Å². The van der Waals surface area contributed by atoms with Crippen LogP contribution in [0.1, 0.15) is 30.8 Å². The van der Waals surface area contributed by atoms with Crippen LogP contribution in [-0.4, -0.2) is 75.0 Å². The fourth-order valence-corrected chi connectivity index (χ4v) is 4.04. The highest BCUT2D eigenvalue weighted by molar-refractivity contribution is 7.89. The van der Waals surface area contributed by atoms with Crippen molar-refractivity contribution in [3.63, 3.8) is 0 Å². The largest absolute Gasteiger partial charge is 0.460 e. The molecule has 1 saturated heterocycles. The Bertz CT molecular complexity index is 795. The van der Waals surface area contributed by atoms with Crippen molar-refractivity contribution in [1.82, 2.24) is 9.21 Å². The van der Waals surface area contributed by atoms with E-state index in [2.05, 4.69) is 6.58 Å². The second-order valence-corrected chi connectivity index (χ2v) is 8.03. The minimum atomic E-state index is -3.90. The van der Waals surface area contributed by atoms with Crippen LogP contribution >= 0.6 is 0 Å². The van der Waals surface area contributed by atoms with Gasteiger partial charge in [-0.05, 0) is 32.4 Å². The molecule has 10 heteroatoms. The minimum Gasteiger partial charge on any atom is -0.460 e. The lowest BCUT2D eigenvalue weighted by atomic mass is 10.3. The summed E-state index contributed by atoms with van der Waals surface area (Å²) in [5.74, 6) is -1.06. The summed E-state index contributed by atoms with van der Waals surface area (Å²) in [5, 5.41) is -0.323. The van der Waals surface area contributed by atoms with Crippen LogP contribution in [0, 0.1) is 0 Å². The Morgan fingerprint density at radius 2 is 1.96 bits per heavy atom. The molecule has 0 aromatic carbocycles. The van der Waals surface area contributed by atoms with E-state index in [9.17, 15) is 18.0 Å². The van der Waals surface area contributed by atoms with Gasteiger partial charge in [-0.2, -0.15) is 4.31 Å². The van der Waals surface area contributed by atoms with Crippen molar-refractivity contribution in [2.24, 2.45) is 0 Å². The highest BCUT2D eigenvalue weighted by Gasteiger charge is 2.34. The van der Waals surface area contributed by atoms with Crippen molar-refractivity contribution in [3.05, 3.63) is 30.5 Å². The number of furan rings is 1. The van der Waals surface area contributed by atoms with E-state index in [1.165, 1.54) is 16.4 Å². The molecule has 0 radical (unpaired) electrons. The number of nitrogens with zero attached hydrogens (tertiary/aromatic N) is 2. The van der Waals surface area contributed by atoms with Crippen molar-refractivity contribution < 1.29 is 31.9 Å². The minimum absolute atomic E-state index is 0.128. The maximum atomic E-state index is 12.7. The molecule has 2 heterocycles. The molecule has 1 aromatic rings. The molecule has 1 amide bonds. The number of sulfonamides is 1. The Kier molecular flexibility index (Phi) is 7.78. The summed E-state index contributed by atoms with van der Waals surface area (Å²) in [6, 6.07) is 2.50. The first kappa shape index (κ1) is 22.1. The summed E-state index contributed by atoms with van der Waals surface area (Å²) in [4.78, 5) is 25.6. The highest BCUT2D eigenvalue weighted by Crippen LogP contribution is 2.21. The second kappa shape index (κ2) is 9.85. The van der Waals surface area contributed by atoms with Gasteiger partial charge in [0.25, 0.3) is 15.9 Å². The van der Waals surface area contributed by atoms with Crippen LogP contribution in [0.3, 0.4) is 0 Å². The number of hydrogen-bond acceptors (Lipinski definition) is 7. The molecular formula is C18H26N2O7S. The summed E-state index contributed by atoms with van der Waals surface area (Å²) >= 11 is 0. The third-order valence-corrected chi connectivity index (χ3v) is 6.01. The van der Waals surface area contributed by atoms with Gasteiger partial charge in [-0.1, -0.05) is 6.08 Å². The van der Waals surface area contributed by atoms with E-state index in [1.54, 1.807) is 24.8 Å². The zero-order valence-electron chi connectivity index (χ0n) is 16.1. The van der Waals surface area contributed by atoms with Gasteiger partial charge in [-0.25, -0.2) is 13.2 Å². The molecule has 28 heavy (non-hydrogen) atoms. The highest BCUT2D eigenvalue weighted by atomic mass is 32.2. The van der Waals surface area contributed by atoms with Crippen molar-refractivity contribution in [3.8, 4) is 0 Å². The molecule has 0 aliphatic carbocycles. The molecule has 0 spiro atoms. The Balaban J connectivity index is 1.95. The first-order valence-corrected chi connectivity index (χ1v) is 10.5. The lowest BCUT2D eigenvalue weighted by Crippen LogP contribution is -2.52. The van der Waals surface area contributed by atoms with Gasteiger partial charge in [0.05, 0.1) is 13.2 Å². The Labute approximate surface area is 164 Å². The Hall–Kier alpha value is -2.17. The van der Waals surface area contributed by atoms with Gasteiger partial charge < -0.3 is 18.8 Å². The predicted octanol–water partition coefficient (Wildman–Crippen LogP) is 1.27. The summed E-state index contributed by atoms with van der Waals surface area (Å²) in [6.45, 7) is 8.24. The van der Waals surface area contributed by atoms with Crippen LogP contribution in [0.5, 0.6) is 0 Å². The molecule has 0 N–H and O–H groups in total. The standard InChI is InChI=1S/C18H26N2O7S/c1-4-6-13-26-14(3)17(21)19-9-11-20(12-10-19)28(23,24)16-8-7-15(27-16)18(22)25-5-2/h4,7-8,14H,1,5-6,9-13H2,2-3H3. The van der Waals surface area contributed by atoms with E-state index in [-0.39, 0.29) is 49.5 Å². The molecule has 1 unspecified atom stereocenters. The molecule has 1 aromatic heterocycles. The van der Waals surface area contributed by atoms with E-state index in [0.29, 0.717) is 13.0 Å². The molecule has 1 aliphatic rings. The molecule has 0 bridgehead atoms. The monoisotopic (exact) mass is 414 g/mol.